The predicted molar refractivity (Wildman–Crippen MR) is 324 cm³/mol. The molecule has 0 radical (unpaired) electrons. The van der Waals surface area contributed by atoms with Gasteiger partial charge in [0.25, 0.3) is 0 Å². The van der Waals surface area contributed by atoms with Gasteiger partial charge in [-0.05, 0) is 141 Å². The summed E-state index contributed by atoms with van der Waals surface area (Å²) < 4.78 is 37.3. The van der Waals surface area contributed by atoms with Crippen molar-refractivity contribution in [2.24, 2.45) is 17.3 Å². The zero-order valence-corrected chi connectivity index (χ0v) is 51.1. The van der Waals surface area contributed by atoms with Gasteiger partial charge in [-0.3, -0.25) is 33.8 Å². The second-order valence-corrected chi connectivity index (χ2v) is 26.3. The number of likely N-dealkylation sites (tertiary alicyclic amines) is 3. The fourth-order valence-corrected chi connectivity index (χ4v) is 14.3. The summed E-state index contributed by atoms with van der Waals surface area (Å²) in [4.78, 5) is 91.9. The maximum Gasteiger partial charge on any atom is 0.245 e. The van der Waals surface area contributed by atoms with E-state index in [1.54, 1.807) is 66.7 Å². The van der Waals surface area contributed by atoms with Gasteiger partial charge in [0.1, 0.15) is 58.7 Å². The Morgan fingerprint density at radius 1 is 0.906 bits per heavy atom. The van der Waals surface area contributed by atoms with Gasteiger partial charge in [0.2, 0.25) is 29.4 Å². The summed E-state index contributed by atoms with van der Waals surface area (Å²) in [6.07, 6.45) is 9.57. The Morgan fingerprint density at radius 3 is 2.42 bits per heavy atom. The highest BCUT2D eigenvalue weighted by atomic mass is 32.1. The predicted octanol–water partition coefficient (Wildman–Crippen LogP) is 5.46. The molecule has 1 aliphatic carbocycles. The van der Waals surface area contributed by atoms with Gasteiger partial charge in [-0.15, -0.1) is 11.3 Å². The number of carbonyl (C=O) groups is 5. The lowest BCUT2D eigenvalue weighted by molar-refractivity contribution is -0.137. The number of anilines is 3. The van der Waals surface area contributed by atoms with Crippen LogP contribution in [0.5, 0.6) is 5.75 Å². The highest BCUT2D eigenvalue weighted by Gasteiger charge is 2.44. The third-order valence-electron chi connectivity index (χ3n) is 18.7. The number of carbonyl (C=O) groups excluding carboxylic acids is 5. The van der Waals surface area contributed by atoms with Crippen molar-refractivity contribution in [1.29, 1.82) is 0 Å². The van der Waals surface area contributed by atoms with Crippen LogP contribution in [-0.4, -0.2) is 193 Å². The lowest BCUT2D eigenvalue weighted by Crippen LogP contribution is -2.66. The molecule has 4 amide bonds. The van der Waals surface area contributed by atoms with E-state index >= 15 is 8.78 Å². The summed E-state index contributed by atoms with van der Waals surface area (Å²) in [5.74, 6) is 1.34. The van der Waals surface area contributed by atoms with Gasteiger partial charge in [0.15, 0.2) is 0 Å². The summed E-state index contributed by atoms with van der Waals surface area (Å²) in [5, 5.41) is 17.8. The molecule has 2 aromatic carbocycles. The van der Waals surface area contributed by atoms with Gasteiger partial charge in [-0.2, -0.15) is 0 Å². The molecule has 20 nitrogen and oxygen atoms in total. The van der Waals surface area contributed by atoms with Crippen LogP contribution >= 0.6 is 11.3 Å². The Hall–Kier alpha value is -6.40. The summed E-state index contributed by atoms with van der Waals surface area (Å²) in [7, 11) is 3.90. The van der Waals surface area contributed by atoms with Crippen molar-refractivity contribution in [3.63, 3.8) is 0 Å². The molecule has 5 N–H and O–H groups in total. The molecule has 460 valence electrons. The van der Waals surface area contributed by atoms with Gasteiger partial charge in [-0.1, -0.05) is 26.0 Å². The zero-order valence-electron chi connectivity index (χ0n) is 50.3. The number of nitrogens with zero attached hydrogens (tertiary/aromatic N) is 9. The average molecular weight is 1190 g/mol. The molecule has 7 heterocycles. The lowest BCUT2D eigenvalue weighted by atomic mass is 9.82. The second kappa shape index (κ2) is 27.1. The van der Waals surface area contributed by atoms with Crippen LogP contribution in [0, 0.1) is 28.9 Å². The SMILES string of the molecule is CN[C@@H](C)C(=O)N[C@@H](C)C(=O)N1CCC[C@H]1c1nc(C(=O)c2cccc(OCCNC(=O)CN3C[C@H]4CC(N(C)CCCNc5cc(N6CCC7(CC6)CN(c6cc(F)c(CN8CCC(C)(C)CC8)cc6F)CC(=O)N7)ncn5)C[C@H]4C3)c2)cs1. The number of rotatable bonds is 23. The highest BCUT2D eigenvalue weighted by molar-refractivity contribution is 7.10. The minimum atomic E-state index is -0.696. The van der Waals surface area contributed by atoms with E-state index in [-0.39, 0.29) is 59.7 Å². The summed E-state index contributed by atoms with van der Waals surface area (Å²) in [6, 6.07) is 10.6. The van der Waals surface area contributed by atoms with E-state index in [0.717, 1.165) is 95.9 Å². The minimum absolute atomic E-state index is 0.0234. The molecule has 2 aromatic heterocycles. The van der Waals surface area contributed by atoms with E-state index in [2.05, 4.69) is 82.0 Å². The molecule has 0 bridgehead atoms. The number of thiazole rings is 1. The lowest BCUT2D eigenvalue weighted by Gasteiger charge is -2.48. The first-order valence-electron chi connectivity index (χ1n) is 30.6. The number of halogens is 2. The molecule has 23 heteroatoms. The van der Waals surface area contributed by atoms with Gasteiger partial charge in [0.05, 0.1) is 42.9 Å². The molecule has 6 aliphatic rings. The van der Waals surface area contributed by atoms with Crippen LogP contribution in [0.1, 0.15) is 118 Å². The van der Waals surface area contributed by atoms with Crippen LogP contribution in [0.4, 0.5) is 26.1 Å². The standard InChI is InChI=1S/C62H86F2N14O6S/c1-40(65-5)58(82)70-41(2)60(83)78-20-8-12-51(78)59-71-50(37-85-59)57(81)42-10-7-11-47(28-42)84-25-18-67-55(79)35-75-32-43-26-46(27-44(43)33-75)73(6)19-9-17-66-53-31-54(69-39-68-53)76-23-15-62(16-24-76)38-77(36-56(80)72-62)52-30-48(63)45(29-49(52)64)34-74-21-13-61(3,4)14-22-74/h7,10-11,28-31,37,39-41,43-44,46,51,65H,8-9,12-27,32-36,38H2,1-6H3,(H,67,79)(H,70,82)(H,72,80)(H,66,68,69)/t40-,41-,43-,44+,46?,51-/m0/s1. The minimum Gasteiger partial charge on any atom is -0.492 e. The molecule has 6 fully saturated rings. The second-order valence-electron chi connectivity index (χ2n) is 25.4. The van der Waals surface area contributed by atoms with Gasteiger partial charge in [-0.25, -0.2) is 23.7 Å². The number of aromatic nitrogens is 3. The monoisotopic (exact) mass is 1190 g/mol. The Labute approximate surface area is 502 Å². The number of ether oxygens (including phenoxy) is 1. The van der Waals surface area contributed by atoms with Crippen LogP contribution < -0.4 is 41.1 Å². The first-order chi connectivity index (χ1) is 40.8. The van der Waals surface area contributed by atoms with Crippen molar-refractivity contribution in [3.8, 4) is 5.75 Å². The van der Waals surface area contributed by atoms with E-state index < -0.39 is 29.3 Å². The van der Waals surface area contributed by atoms with Crippen molar-refractivity contribution in [3.05, 3.63) is 87.6 Å². The first-order valence-corrected chi connectivity index (χ1v) is 31.5. The maximum absolute atomic E-state index is 15.8. The van der Waals surface area contributed by atoms with Crippen LogP contribution in [0.25, 0.3) is 0 Å². The van der Waals surface area contributed by atoms with Crippen molar-refractivity contribution < 1.29 is 37.5 Å². The van der Waals surface area contributed by atoms with E-state index in [0.29, 0.717) is 104 Å². The Morgan fingerprint density at radius 2 is 1.67 bits per heavy atom. The number of amides is 4. The fourth-order valence-electron chi connectivity index (χ4n) is 13.4. The summed E-state index contributed by atoms with van der Waals surface area (Å²) >= 11 is 1.35. The highest BCUT2D eigenvalue weighted by Crippen LogP contribution is 2.41. The van der Waals surface area contributed by atoms with E-state index in [4.69, 9.17) is 4.74 Å². The van der Waals surface area contributed by atoms with Crippen LogP contribution in [0.3, 0.4) is 0 Å². The molecule has 1 spiro atoms. The molecule has 85 heavy (non-hydrogen) atoms. The number of hydrogen-bond donors (Lipinski definition) is 5. The van der Waals surface area contributed by atoms with Crippen molar-refractivity contribution >= 4 is 58.1 Å². The summed E-state index contributed by atoms with van der Waals surface area (Å²) in [5.41, 5.74) is 0.912. The third kappa shape index (κ3) is 15.2. The molecular weight excluding hydrogens is 1110 g/mol. The molecule has 4 aromatic rings. The number of likely N-dealkylation sites (N-methyl/N-ethyl adjacent to an activating group) is 1. The number of piperazine rings is 1. The van der Waals surface area contributed by atoms with E-state index in [1.165, 1.54) is 23.5 Å². The smallest absolute Gasteiger partial charge is 0.245 e. The normalized spacial score (nSPS) is 23.0. The molecule has 5 saturated heterocycles. The van der Waals surface area contributed by atoms with E-state index in [9.17, 15) is 24.0 Å². The van der Waals surface area contributed by atoms with Gasteiger partial charge < -0.3 is 50.9 Å². The quantitative estimate of drug-likeness (QED) is 0.0461. The van der Waals surface area contributed by atoms with Crippen LogP contribution in [0.15, 0.2) is 54.2 Å². The molecule has 10 rings (SSSR count). The van der Waals surface area contributed by atoms with Crippen LogP contribution in [-0.2, 0) is 25.7 Å². The van der Waals surface area contributed by atoms with Crippen molar-refractivity contribution in [2.75, 3.05) is 121 Å². The Balaban J connectivity index is 0.598. The molecular formula is C62H86F2N14O6S. The number of fused-ring (bicyclic) bond motifs is 1. The number of hydrogen-bond acceptors (Lipinski definition) is 17. The van der Waals surface area contributed by atoms with Crippen molar-refractivity contribution in [1.82, 2.24) is 55.8 Å². The molecule has 6 atom stereocenters. The maximum atomic E-state index is 15.8. The number of ketones is 1. The Kier molecular flexibility index (Phi) is 19.7. The fraction of sp³-hybridized carbons (Fsp3) is 0.613. The number of piperidine rings is 2. The van der Waals surface area contributed by atoms with Gasteiger partial charge in [0, 0.05) is 87.0 Å². The summed E-state index contributed by atoms with van der Waals surface area (Å²) in [6.45, 7) is 16.6. The average Bonchev–Trinajstić information content (AvgIpc) is 3.97. The van der Waals surface area contributed by atoms with Gasteiger partial charge >= 0.3 is 0 Å². The number of benzene rings is 2. The third-order valence-corrected chi connectivity index (χ3v) is 19.6. The zero-order chi connectivity index (χ0) is 60.0. The van der Waals surface area contributed by atoms with E-state index in [1.807, 2.05) is 6.07 Å². The largest absolute Gasteiger partial charge is 0.492 e. The number of nitrogens with one attached hydrogen (secondary N) is 5. The molecule has 1 unspecified atom stereocenters. The topological polar surface area (TPSA) is 213 Å². The molecule has 1 saturated carbocycles. The Bertz CT molecular complexity index is 3010. The first kappa shape index (κ1) is 61.7. The van der Waals surface area contributed by atoms with Crippen LogP contribution in [0.2, 0.25) is 0 Å². The van der Waals surface area contributed by atoms with Crippen molar-refractivity contribution in [2.45, 2.75) is 122 Å². The molecule has 5 aliphatic heterocycles.